The highest BCUT2D eigenvalue weighted by Crippen LogP contribution is 2.38. The van der Waals surface area contributed by atoms with Crippen LogP contribution in [0.25, 0.3) is 0 Å². The van der Waals surface area contributed by atoms with Crippen LogP contribution in [0.15, 0.2) is 24.3 Å². The minimum absolute atomic E-state index is 0.0460. The van der Waals surface area contributed by atoms with Crippen molar-refractivity contribution in [2.45, 2.75) is 38.6 Å². The van der Waals surface area contributed by atoms with Crippen molar-refractivity contribution in [3.63, 3.8) is 0 Å². The fourth-order valence-electron chi connectivity index (χ4n) is 3.09. The van der Waals surface area contributed by atoms with E-state index in [1.54, 1.807) is 40.5 Å². The minimum atomic E-state index is -0.490. The molecule has 0 radical (unpaired) electrons. The number of nitrogens with zero attached hydrogens (tertiary/aromatic N) is 2. The number of primary amides is 1. The fourth-order valence-corrected chi connectivity index (χ4v) is 4.32. The van der Waals surface area contributed by atoms with Gasteiger partial charge in [-0.2, -0.15) is 0 Å². The number of carbonyl (C=O) groups excluding carboxylic acids is 2. The van der Waals surface area contributed by atoms with Gasteiger partial charge in [0.05, 0.1) is 21.6 Å². The molecule has 0 fully saturated rings. The molecule has 2 N–H and O–H groups in total. The molecule has 0 bridgehead atoms. The lowest BCUT2D eigenvalue weighted by Gasteiger charge is -2.30. The van der Waals surface area contributed by atoms with Crippen LogP contribution in [0.1, 0.15) is 62.1 Å². The maximum atomic E-state index is 12.8. The molecule has 3 rings (SSSR count). The third-order valence-electron chi connectivity index (χ3n) is 4.47. The number of aryl methyl sites for hydroxylation is 2. The summed E-state index contributed by atoms with van der Waals surface area (Å²) in [5, 5.41) is 1.14. The Morgan fingerprint density at radius 3 is 2.58 bits per heavy atom. The first-order valence-corrected chi connectivity index (χ1v) is 8.98. The summed E-state index contributed by atoms with van der Waals surface area (Å²) < 4.78 is 0. The zero-order chi connectivity index (χ0) is 17.3. The molecule has 5 nitrogen and oxygen atoms in total. The molecule has 0 saturated heterocycles. The number of hydrogen-bond donors (Lipinski definition) is 1. The topological polar surface area (TPSA) is 76.3 Å². The summed E-state index contributed by atoms with van der Waals surface area (Å²) in [5.74, 6) is -0.536. The Bertz CT molecular complexity index is 767. The van der Waals surface area contributed by atoms with E-state index >= 15 is 0 Å². The standard InChI is InChI=1S/C18H21N3O2S/c1-3-15-20-13-5-4-6-14(16(13)24-15)21(2)18(23)12-9-7-11(8-10-12)17(19)22/h7-10,14H,3-6H2,1-2H3,(H2,19,22)/t14-/m1/s1. The molecule has 1 aliphatic rings. The summed E-state index contributed by atoms with van der Waals surface area (Å²) in [4.78, 5) is 31.7. The molecule has 126 valence electrons. The molecule has 0 saturated carbocycles. The third kappa shape index (κ3) is 3.06. The SMILES string of the molecule is CCc1nc2c(s1)[C@H](N(C)C(=O)c1ccc(C(N)=O)cc1)CCC2. The van der Waals surface area contributed by atoms with Crippen LogP contribution in [-0.2, 0) is 12.8 Å². The Morgan fingerprint density at radius 2 is 1.96 bits per heavy atom. The fraction of sp³-hybridized carbons (Fsp3) is 0.389. The van der Waals surface area contributed by atoms with E-state index in [4.69, 9.17) is 10.7 Å². The second-order valence-electron chi connectivity index (χ2n) is 6.04. The smallest absolute Gasteiger partial charge is 0.254 e. The van der Waals surface area contributed by atoms with Gasteiger partial charge in [-0.1, -0.05) is 6.92 Å². The Labute approximate surface area is 145 Å². The van der Waals surface area contributed by atoms with Crippen molar-refractivity contribution in [1.82, 2.24) is 9.88 Å². The van der Waals surface area contributed by atoms with Gasteiger partial charge in [0.15, 0.2) is 0 Å². The lowest BCUT2D eigenvalue weighted by molar-refractivity contribution is 0.0717. The van der Waals surface area contributed by atoms with E-state index in [-0.39, 0.29) is 11.9 Å². The van der Waals surface area contributed by atoms with Gasteiger partial charge in [-0.25, -0.2) is 4.98 Å². The van der Waals surface area contributed by atoms with Crippen molar-refractivity contribution in [2.24, 2.45) is 5.73 Å². The average molecular weight is 343 g/mol. The number of benzene rings is 1. The van der Waals surface area contributed by atoms with Crippen molar-refractivity contribution in [3.05, 3.63) is 51.0 Å². The monoisotopic (exact) mass is 343 g/mol. The predicted molar refractivity (Wildman–Crippen MR) is 94.2 cm³/mol. The Hall–Kier alpha value is -2.21. The molecule has 0 unspecified atom stereocenters. The van der Waals surface area contributed by atoms with E-state index in [2.05, 4.69) is 6.92 Å². The van der Waals surface area contributed by atoms with Gasteiger partial charge in [0.25, 0.3) is 5.91 Å². The van der Waals surface area contributed by atoms with Crippen LogP contribution in [0, 0.1) is 0 Å². The van der Waals surface area contributed by atoms with Gasteiger partial charge < -0.3 is 10.6 Å². The highest BCUT2D eigenvalue weighted by atomic mass is 32.1. The average Bonchev–Trinajstić information content (AvgIpc) is 3.03. The van der Waals surface area contributed by atoms with Crippen molar-refractivity contribution in [3.8, 4) is 0 Å². The molecule has 1 aromatic heterocycles. The van der Waals surface area contributed by atoms with E-state index < -0.39 is 5.91 Å². The van der Waals surface area contributed by atoms with E-state index in [1.807, 2.05) is 7.05 Å². The molecule has 6 heteroatoms. The molecular weight excluding hydrogens is 322 g/mol. The first-order valence-electron chi connectivity index (χ1n) is 8.16. The van der Waals surface area contributed by atoms with Gasteiger partial charge in [-0.3, -0.25) is 9.59 Å². The second kappa shape index (κ2) is 6.73. The van der Waals surface area contributed by atoms with E-state index in [1.165, 1.54) is 4.88 Å². The van der Waals surface area contributed by atoms with E-state index in [9.17, 15) is 9.59 Å². The lowest BCUT2D eigenvalue weighted by atomic mass is 9.96. The number of nitrogens with two attached hydrogens (primary N) is 1. The van der Waals surface area contributed by atoms with Crippen molar-refractivity contribution in [1.29, 1.82) is 0 Å². The van der Waals surface area contributed by atoms with Crippen molar-refractivity contribution in [2.75, 3.05) is 7.05 Å². The van der Waals surface area contributed by atoms with Crippen molar-refractivity contribution >= 4 is 23.2 Å². The molecule has 2 amide bonds. The molecule has 1 aliphatic carbocycles. The maximum absolute atomic E-state index is 12.8. The van der Waals surface area contributed by atoms with Gasteiger partial charge in [-0.15, -0.1) is 11.3 Å². The van der Waals surface area contributed by atoms with Crippen LogP contribution in [-0.4, -0.2) is 28.7 Å². The van der Waals surface area contributed by atoms with Crippen LogP contribution in [0.4, 0.5) is 0 Å². The first kappa shape index (κ1) is 16.6. The van der Waals surface area contributed by atoms with Crippen LogP contribution in [0.5, 0.6) is 0 Å². The highest BCUT2D eigenvalue weighted by molar-refractivity contribution is 7.11. The summed E-state index contributed by atoms with van der Waals surface area (Å²) in [6.45, 7) is 2.11. The summed E-state index contributed by atoms with van der Waals surface area (Å²) in [7, 11) is 1.84. The summed E-state index contributed by atoms with van der Waals surface area (Å²) in [5.41, 5.74) is 7.37. The summed E-state index contributed by atoms with van der Waals surface area (Å²) in [6, 6.07) is 6.59. The van der Waals surface area contributed by atoms with Gasteiger partial charge in [0, 0.05) is 18.2 Å². The van der Waals surface area contributed by atoms with Crippen LogP contribution < -0.4 is 5.73 Å². The Morgan fingerprint density at radius 1 is 1.29 bits per heavy atom. The number of carbonyl (C=O) groups is 2. The molecule has 1 heterocycles. The molecule has 2 aromatic rings. The number of fused-ring (bicyclic) bond motifs is 1. The number of rotatable bonds is 4. The van der Waals surface area contributed by atoms with E-state index in [0.29, 0.717) is 11.1 Å². The molecule has 1 aromatic carbocycles. The number of thiazole rings is 1. The zero-order valence-electron chi connectivity index (χ0n) is 13.9. The first-order chi connectivity index (χ1) is 11.5. The zero-order valence-corrected chi connectivity index (χ0v) is 14.7. The van der Waals surface area contributed by atoms with Crippen LogP contribution in [0.2, 0.25) is 0 Å². The predicted octanol–water partition coefficient (Wildman–Crippen LogP) is 2.95. The second-order valence-corrected chi connectivity index (χ2v) is 7.15. The molecule has 24 heavy (non-hydrogen) atoms. The molecule has 1 atom stereocenters. The highest BCUT2D eigenvalue weighted by Gasteiger charge is 2.30. The van der Waals surface area contributed by atoms with Gasteiger partial charge in [-0.05, 0) is 49.9 Å². The largest absolute Gasteiger partial charge is 0.366 e. The van der Waals surface area contributed by atoms with E-state index in [0.717, 1.165) is 36.4 Å². The van der Waals surface area contributed by atoms with Crippen molar-refractivity contribution < 1.29 is 9.59 Å². The molecule has 0 spiro atoms. The maximum Gasteiger partial charge on any atom is 0.254 e. The van der Waals surface area contributed by atoms with Gasteiger partial charge in [0.2, 0.25) is 5.91 Å². The quantitative estimate of drug-likeness (QED) is 0.927. The normalized spacial score (nSPS) is 16.5. The number of hydrogen-bond acceptors (Lipinski definition) is 4. The molecule has 0 aliphatic heterocycles. The van der Waals surface area contributed by atoms with Gasteiger partial charge >= 0.3 is 0 Å². The Kier molecular flexibility index (Phi) is 4.66. The van der Waals surface area contributed by atoms with Crippen LogP contribution >= 0.6 is 11.3 Å². The number of amides is 2. The minimum Gasteiger partial charge on any atom is -0.366 e. The summed E-state index contributed by atoms with van der Waals surface area (Å²) in [6.07, 6.45) is 3.93. The van der Waals surface area contributed by atoms with Gasteiger partial charge in [0.1, 0.15) is 0 Å². The summed E-state index contributed by atoms with van der Waals surface area (Å²) >= 11 is 1.72. The third-order valence-corrected chi connectivity index (χ3v) is 5.82. The lowest BCUT2D eigenvalue weighted by Crippen LogP contribution is -2.32. The molecular formula is C18H21N3O2S. The Balaban J connectivity index is 1.84. The van der Waals surface area contributed by atoms with Crippen LogP contribution in [0.3, 0.4) is 0 Å². The number of aromatic nitrogens is 1.